The van der Waals surface area contributed by atoms with Crippen molar-refractivity contribution in [3.63, 3.8) is 0 Å². The van der Waals surface area contributed by atoms with Crippen molar-refractivity contribution < 1.29 is 19.0 Å². The Balaban J connectivity index is 1.61. The van der Waals surface area contributed by atoms with Crippen molar-refractivity contribution in [3.05, 3.63) is 53.6 Å². The van der Waals surface area contributed by atoms with Gasteiger partial charge in [0.2, 0.25) is 0 Å². The van der Waals surface area contributed by atoms with E-state index < -0.39 is 0 Å². The summed E-state index contributed by atoms with van der Waals surface area (Å²) in [7, 11) is 0. The number of unbranched alkanes of at least 4 members (excludes halogenated alkanes) is 16. The van der Waals surface area contributed by atoms with E-state index in [0.29, 0.717) is 42.6 Å². The summed E-state index contributed by atoms with van der Waals surface area (Å²) in [6, 6.07) is 12.0. The van der Waals surface area contributed by atoms with Crippen molar-refractivity contribution in [3.8, 4) is 17.2 Å². The summed E-state index contributed by atoms with van der Waals surface area (Å²) in [5, 5.41) is 0. The zero-order valence-electron chi connectivity index (χ0n) is 29.0. The van der Waals surface area contributed by atoms with E-state index in [0.717, 1.165) is 11.3 Å². The summed E-state index contributed by atoms with van der Waals surface area (Å²) >= 11 is 1.92. The number of ether oxygens (including phenoxy) is 3. The van der Waals surface area contributed by atoms with E-state index in [9.17, 15) is 4.79 Å². The lowest BCUT2D eigenvalue weighted by atomic mass is 10.0. The molecule has 0 aliphatic carbocycles. The second kappa shape index (κ2) is 25.8. The number of hydrogen-bond donors (Lipinski definition) is 0. The van der Waals surface area contributed by atoms with Crippen LogP contribution < -0.4 is 14.2 Å². The first-order valence-electron chi connectivity index (χ1n) is 18.1. The maximum atomic E-state index is 13.2. The Morgan fingerprint density at radius 1 is 0.622 bits per heavy atom. The molecule has 2 aromatic rings. The summed E-state index contributed by atoms with van der Waals surface area (Å²) in [5.41, 5.74) is 1.44. The van der Waals surface area contributed by atoms with Crippen molar-refractivity contribution >= 4 is 23.6 Å². The van der Waals surface area contributed by atoms with Crippen LogP contribution in [0, 0.1) is 0 Å². The second-order valence-electron chi connectivity index (χ2n) is 11.9. The third-order valence-corrected chi connectivity index (χ3v) is 9.12. The minimum Gasteiger partial charge on any atom is -0.494 e. The molecule has 0 radical (unpaired) electrons. The van der Waals surface area contributed by atoms with Crippen LogP contribution in [0.1, 0.15) is 153 Å². The molecule has 0 spiro atoms. The molecule has 2 aromatic carbocycles. The Bertz CT molecular complexity index is 1060. The van der Waals surface area contributed by atoms with Crippen LogP contribution >= 0.6 is 11.8 Å². The molecule has 0 N–H and O–H groups in total. The molecule has 0 heterocycles. The lowest BCUT2D eigenvalue weighted by molar-refractivity contribution is 0.104. The molecular weight excluding hydrogens is 577 g/mol. The van der Waals surface area contributed by atoms with E-state index in [2.05, 4.69) is 31.2 Å². The highest BCUT2D eigenvalue weighted by molar-refractivity contribution is 7.99. The van der Waals surface area contributed by atoms with E-state index >= 15 is 0 Å². The predicted molar refractivity (Wildman–Crippen MR) is 195 cm³/mol. The smallest absolute Gasteiger partial charge is 0.189 e. The zero-order chi connectivity index (χ0) is 32.4. The van der Waals surface area contributed by atoms with Crippen LogP contribution in [-0.4, -0.2) is 31.4 Å². The van der Waals surface area contributed by atoms with Gasteiger partial charge in [-0.1, -0.05) is 128 Å². The first kappa shape index (κ1) is 38.8. The molecule has 0 bridgehead atoms. The standard InChI is InChI=1S/C40H62O4S/c1-5-9-10-11-12-13-14-15-16-17-18-19-20-21-22-23-24-31-45-36-28-25-34(26-29-36)27-30-38(41)37-32-35(42-6-2)33-39(43-7-3)40(37)44-8-4/h25-30,32-33H,5-24,31H2,1-4H3/b30-27+. The van der Waals surface area contributed by atoms with E-state index in [1.54, 1.807) is 18.2 Å². The van der Waals surface area contributed by atoms with Crippen molar-refractivity contribution in [2.75, 3.05) is 25.6 Å². The average Bonchev–Trinajstić information content (AvgIpc) is 3.05. The Hall–Kier alpha value is -2.40. The number of thioether (sulfide) groups is 1. The third kappa shape index (κ3) is 17.2. The Labute approximate surface area is 280 Å². The van der Waals surface area contributed by atoms with E-state index in [1.165, 1.54) is 114 Å². The van der Waals surface area contributed by atoms with Gasteiger partial charge in [0.1, 0.15) is 5.75 Å². The van der Waals surface area contributed by atoms with Crippen LogP contribution in [-0.2, 0) is 0 Å². The molecule has 0 atom stereocenters. The SMILES string of the molecule is CCCCCCCCCCCCCCCCCCCSc1ccc(/C=C/C(=O)c2cc(OCC)cc(OCC)c2OCC)cc1. The molecule has 0 aliphatic rings. The third-order valence-electron chi connectivity index (χ3n) is 8.02. The molecule has 45 heavy (non-hydrogen) atoms. The Kier molecular flexibility index (Phi) is 22.2. The summed E-state index contributed by atoms with van der Waals surface area (Å²) in [6.45, 7) is 9.44. The van der Waals surface area contributed by atoms with Gasteiger partial charge in [-0.05, 0) is 62.8 Å². The number of carbonyl (C=O) groups excluding carboxylic acids is 1. The summed E-state index contributed by atoms with van der Waals surface area (Å²) in [5.74, 6) is 2.61. The van der Waals surface area contributed by atoms with E-state index in [-0.39, 0.29) is 5.78 Å². The number of carbonyl (C=O) groups is 1. The highest BCUT2D eigenvalue weighted by Crippen LogP contribution is 2.37. The van der Waals surface area contributed by atoms with Gasteiger partial charge in [0, 0.05) is 11.0 Å². The molecule has 5 heteroatoms. The number of rotatable bonds is 28. The summed E-state index contributed by atoms with van der Waals surface area (Å²) in [4.78, 5) is 14.5. The molecule has 0 saturated carbocycles. The fraction of sp³-hybridized carbons (Fsp3) is 0.625. The molecule has 0 amide bonds. The second-order valence-corrected chi connectivity index (χ2v) is 13.0. The number of hydrogen-bond acceptors (Lipinski definition) is 5. The molecular formula is C40H62O4S. The molecule has 0 unspecified atom stereocenters. The van der Waals surface area contributed by atoms with Crippen LogP contribution in [0.4, 0.5) is 0 Å². The largest absolute Gasteiger partial charge is 0.494 e. The number of allylic oxidation sites excluding steroid dienone is 1. The first-order chi connectivity index (χ1) is 22.1. The molecule has 252 valence electrons. The monoisotopic (exact) mass is 638 g/mol. The van der Waals surface area contributed by atoms with Gasteiger partial charge >= 0.3 is 0 Å². The minimum absolute atomic E-state index is 0.141. The topological polar surface area (TPSA) is 44.8 Å². The number of benzene rings is 2. The molecule has 0 aliphatic heterocycles. The van der Waals surface area contributed by atoms with E-state index in [1.807, 2.05) is 38.6 Å². The lowest BCUT2D eigenvalue weighted by Gasteiger charge is -2.16. The van der Waals surface area contributed by atoms with Crippen molar-refractivity contribution in [2.24, 2.45) is 0 Å². The minimum atomic E-state index is -0.141. The van der Waals surface area contributed by atoms with Gasteiger partial charge in [0.05, 0.1) is 25.4 Å². The van der Waals surface area contributed by atoms with Crippen LogP contribution in [0.25, 0.3) is 6.08 Å². The van der Waals surface area contributed by atoms with Gasteiger partial charge in [0.25, 0.3) is 0 Å². The Morgan fingerprint density at radius 2 is 1.13 bits per heavy atom. The molecule has 0 aromatic heterocycles. The summed E-state index contributed by atoms with van der Waals surface area (Å²) in [6.07, 6.45) is 27.4. The number of ketones is 1. The quantitative estimate of drug-likeness (QED) is 0.0401. The van der Waals surface area contributed by atoms with Gasteiger partial charge in [-0.25, -0.2) is 0 Å². The maximum Gasteiger partial charge on any atom is 0.189 e. The molecule has 4 nitrogen and oxygen atoms in total. The van der Waals surface area contributed by atoms with Crippen molar-refractivity contribution in [2.45, 2.75) is 142 Å². The van der Waals surface area contributed by atoms with Gasteiger partial charge < -0.3 is 14.2 Å². The molecule has 0 fully saturated rings. The fourth-order valence-electron chi connectivity index (χ4n) is 5.52. The van der Waals surface area contributed by atoms with Gasteiger partial charge in [-0.15, -0.1) is 11.8 Å². The van der Waals surface area contributed by atoms with Gasteiger partial charge in [-0.3, -0.25) is 4.79 Å². The van der Waals surface area contributed by atoms with E-state index in [4.69, 9.17) is 14.2 Å². The van der Waals surface area contributed by atoms with Crippen LogP contribution in [0.3, 0.4) is 0 Å². The summed E-state index contributed by atoms with van der Waals surface area (Å²) < 4.78 is 17.3. The van der Waals surface area contributed by atoms with Gasteiger partial charge in [0.15, 0.2) is 17.3 Å². The first-order valence-corrected chi connectivity index (χ1v) is 19.1. The molecule has 0 saturated heterocycles. The highest BCUT2D eigenvalue weighted by Gasteiger charge is 2.18. The van der Waals surface area contributed by atoms with Crippen LogP contribution in [0.15, 0.2) is 47.4 Å². The van der Waals surface area contributed by atoms with Crippen molar-refractivity contribution in [1.82, 2.24) is 0 Å². The normalized spacial score (nSPS) is 11.3. The average molecular weight is 639 g/mol. The van der Waals surface area contributed by atoms with Crippen LogP contribution in [0.5, 0.6) is 17.2 Å². The lowest BCUT2D eigenvalue weighted by Crippen LogP contribution is -2.06. The van der Waals surface area contributed by atoms with Crippen LogP contribution in [0.2, 0.25) is 0 Å². The maximum absolute atomic E-state index is 13.2. The fourth-order valence-corrected chi connectivity index (χ4v) is 6.43. The highest BCUT2D eigenvalue weighted by atomic mass is 32.2. The zero-order valence-corrected chi connectivity index (χ0v) is 29.8. The van der Waals surface area contributed by atoms with Crippen molar-refractivity contribution in [1.29, 1.82) is 0 Å². The Morgan fingerprint density at radius 3 is 1.64 bits per heavy atom. The predicted octanol–water partition coefficient (Wildman–Crippen LogP) is 12.5. The molecule has 2 rings (SSSR count). The van der Waals surface area contributed by atoms with Gasteiger partial charge in [-0.2, -0.15) is 0 Å².